The van der Waals surface area contributed by atoms with Crippen LogP contribution in [0.1, 0.15) is 17.4 Å². The summed E-state index contributed by atoms with van der Waals surface area (Å²) in [5.74, 6) is 0.521. The third-order valence-electron chi connectivity index (χ3n) is 2.50. The van der Waals surface area contributed by atoms with Crippen LogP contribution in [0.4, 0.5) is 4.79 Å². The minimum absolute atomic E-state index is 0.342. The first kappa shape index (κ1) is 11.7. The van der Waals surface area contributed by atoms with Crippen LogP contribution < -0.4 is 10.1 Å². The van der Waals surface area contributed by atoms with Crippen molar-refractivity contribution in [2.45, 2.75) is 12.7 Å². The zero-order chi connectivity index (χ0) is 12.3. The summed E-state index contributed by atoms with van der Waals surface area (Å²) in [7, 11) is 3.07. The molecule has 0 bridgehead atoms. The number of aromatic nitrogens is 1. The Balaban J connectivity index is 2.22. The highest BCUT2D eigenvalue weighted by molar-refractivity contribution is 5.67. The molecular weight excluding hydrogens is 224 g/mol. The van der Waals surface area contributed by atoms with E-state index in [1.807, 2.05) is 6.07 Å². The van der Waals surface area contributed by atoms with Gasteiger partial charge in [0, 0.05) is 18.7 Å². The fourth-order valence-corrected chi connectivity index (χ4v) is 1.65. The molecule has 0 saturated heterocycles. The molecule has 2 heterocycles. The first-order chi connectivity index (χ1) is 8.24. The summed E-state index contributed by atoms with van der Waals surface area (Å²) in [6, 6.07) is 3.58. The molecule has 1 aliphatic heterocycles. The number of hydrogen-bond acceptors (Lipinski definition) is 5. The van der Waals surface area contributed by atoms with Gasteiger partial charge in [0.05, 0.1) is 26.0 Å². The lowest BCUT2D eigenvalue weighted by atomic mass is 10.1. The average molecular weight is 238 g/mol. The Bertz CT molecular complexity index is 422. The van der Waals surface area contributed by atoms with Crippen LogP contribution in [0, 0.1) is 0 Å². The maximum Gasteiger partial charge on any atom is 0.407 e. The molecule has 1 aromatic rings. The molecule has 0 spiro atoms. The molecule has 1 N–H and O–H groups in total. The summed E-state index contributed by atoms with van der Waals surface area (Å²) < 4.78 is 15.5. The number of carbonyl (C=O) groups excluding carboxylic acids is 1. The molecule has 1 atom stereocenters. The second-order valence-corrected chi connectivity index (χ2v) is 3.55. The molecule has 1 aliphatic rings. The van der Waals surface area contributed by atoms with Crippen molar-refractivity contribution < 1.29 is 19.0 Å². The fourth-order valence-electron chi connectivity index (χ4n) is 1.65. The lowest BCUT2D eigenvalue weighted by Gasteiger charge is -2.24. The van der Waals surface area contributed by atoms with Crippen LogP contribution in [0.15, 0.2) is 12.1 Å². The van der Waals surface area contributed by atoms with Crippen molar-refractivity contribution in [2.75, 3.05) is 20.8 Å². The Hall–Kier alpha value is -1.82. The topological polar surface area (TPSA) is 69.7 Å². The van der Waals surface area contributed by atoms with Crippen LogP contribution in [0.25, 0.3) is 0 Å². The number of nitrogens with zero attached hydrogens (tertiary/aromatic N) is 1. The van der Waals surface area contributed by atoms with Gasteiger partial charge in [-0.05, 0) is 6.07 Å². The van der Waals surface area contributed by atoms with Gasteiger partial charge in [-0.15, -0.1) is 0 Å². The zero-order valence-electron chi connectivity index (χ0n) is 9.73. The van der Waals surface area contributed by atoms with Gasteiger partial charge in [0.1, 0.15) is 0 Å². The van der Waals surface area contributed by atoms with Crippen LogP contribution >= 0.6 is 0 Å². The predicted octanol–water partition coefficient (Wildman–Crippen LogP) is 1.02. The smallest absolute Gasteiger partial charge is 0.407 e. The molecule has 2 rings (SSSR count). The number of ether oxygens (including phenoxy) is 3. The summed E-state index contributed by atoms with van der Waals surface area (Å²) >= 11 is 0. The number of carbonyl (C=O) groups is 1. The van der Waals surface area contributed by atoms with Gasteiger partial charge in [-0.1, -0.05) is 0 Å². The molecule has 92 valence electrons. The highest BCUT2D eigenvalue weighted by atomic mass is 16.6. The maximum absolute atomic E-state index is 11.2. The molecule has 1 amide bonds. The van der Waals surface area contributed by atoms with Crippen LogP contribution in [0.5, 0.6) is 5.88 Å². The van der Waals surface area contributed by atoms with Gasteiger partial charge in [0.2, 0.25) is 5.88 Å². The van der Waals surface area contributed by atoms with Gasteiger partial charge in [-0.25, -0.2) is 9.78 Å². The lowest BCUT2D eigenvalue weighted by Crippen LogP contribution is -2.27. The van der Waals surface area contributed by atoms with Crippen LogP contribution in [0.3, 0.4) is 0 Å². The average Bonchev–Trinajstić information content (AvgIpc) is 2.38. The Morgan fingerprint density at radius 3 is 3.12 bits per heavy atom. The van der Waals surface area contributed by atoms with Crippen LogP contribution in [0.2, 0.25) is 0 Å². The predicted molar refractivity (Wildman–Crippen MR) is 58.7 cm³/mol. The lowest BCUT2D eigenvalue weighted by molar-refractivity contribution is -0.00443. The third kappa shape index (κ3) is 2.47. The van der Waals surface area contributed by atoms with E-state index in [2.05, 4.69) is 10.3 Å². The molecule has 6 nitrogen and oxygen atoms in total. The van der Waals surface area contributed by atoms with E-state index in [4.69, 9.17) is 14.2 Å². The maximum atomic E-state index is 11.2. The minimum Gasteiger partial charge on any atom is -0.481 e. The van der Waals surface area contributed by atoms with Gasteiger partial charge in [-0.2, -0.15) is 0 Å². The van der Waals surface area contributed by atoms with Gasteiger partial charge in [0.25, 0.3) is 0 Å². The summed E-state index contributed by atoms with van der Waals surface area (Å²) in [5, 5.41) is 2.40. The number of hydrogen-bond donors (Lipinski definition) is 1. The third-order valence-corrected chi connectivity index (χ3v) is 2.50. The van der Waals surface area contributed by atoms with Crippen molar-refractivity contribution in [3.05, 3.63) is 23.4 Å². The summed E-state index contributed by atoms with van der Waals surface area (Å²) in [6.07, 6.45) is -0.903. The van der Waals surface area contributed by atoms with Crippen LogP contribution in [-0.4, -0.2) is 31.8 Å². The molecule has 0 aliphatic carbocycles. The van der Waals surface area contributed by atoms with E-state index >= 15 is 0 Å². The summed E-state index contributed by atoms with van der Waals surface area (Å²) in [6.45, 7) is 0.745. The minimum atomic E-state index is -0.484. The molecule has 6 heteroatoms. The Labute approximate surface area is 98.9 Å². The molecular formula is C11H14N2O4. The Morgan fingerprint density at radius 1 is 1.59 bits per heavy atom. The van der Waals surface area contributed by atoms with E-state index in [1.165, 1.54) is 7.05 Å². The second kappa shape index (κ2) is 5.01. The molecule has 1 aromatic heterocycles. The molecule has 0 fully saturated rings. The highest BCUT2D eigenvalue weighted by Crippen LogP contribution is 2.28. The van der Waals surface area contributed by atoms with Crippen molar-refractivity contribution >= 4 is 6.09 Å². The fraction of sp³-hybridized carbons (Fsp3) is 0.455. The number of amides is 1. The summed E-state index contributed by atoms with van der Waals surface area (Å²) in [4.78, 5) is 15.4. The van der Waals surface area contributed by atoms with Gasteiger partial charge < -0.3 is 19.5 Å². The molecule has 0 saturated carbocycles. The van der Waals surface area contributed by atoms with Gasteiger partial charge >= 0.3 is 6.09 Å². The SMILES string of the molecule is CNC(=O)OC1COCc2nc(OC)ccc21. The van der Waals surface area contributed by atoms with E-state index < -0.39 is 12.2 Å². The quantitative estimate of drug-likeness (QED) is 0.833. The van der Waals surface area contributed by atoms with E-state index in [0.29, 0.717) is 19.1 Å². The monoisotopic (exact) mass is 238 g/mol. The number of alkyl carbamates (subject to hydrolysis) is 1. The van der Waals surface area contributed by atoms with E-state index in [1.54, 1.807) is 13.2 Å². The highest BCUT2D eigenvalue weighted by Gasteiger charge is 2.25. The normalized spacial score (nSPS) is 18.1. The number of nitrogens with one attached hydrogen (secondary N) is 1. The Morgan fingerprint density at radius 2 is 2.41 bits per heavy atom. The standard InChI is InChI=1S/C11H14N2O4/c1-12-11(14)17-9-6-16-5-8-7(9)3-4-10(13-8)15-2/h3-4,9H,5-6H2,1-2H3,(H,12,14). The number of fused-ring (bicyclic) bond motifs is 1. The Kier molecular flexibility index (Phi) is 3.43. The van der Waals surface area contributed by atoms with Gasteiger partial charge in [-0.3, -0.25) is 0 Å². The molecule has 0 aromatic carbocycles. The van der Waals surface area contributed by atoms with Crippen molar-refractivity contribution in [1.82, 2.24) is 10.3 Å². The van der Waals surface area contributed by atoms with Crippen molar-refractivity contribution in [1.29, 1.82) is 0 Å². The first-order valence-corrected chi connectivity index (χ1v) is 5.24. The summed E-state index contributed by atoms with van der Waals surface area (Å²) in [5.41, 5.74) is 1.60. The molecule has 0 radical (unpaired) electrons. The van der Waals surface area contributed by atoms with Crippen LogP contribution in [-0.2, 0) is 16.1 Å². The van der Waals surface area contributed by atoms with E-state index in [9.17, 15) is 4.79 Å². The number of pyridine rings is 1. The van der Waals surface area contributed by atoms with Crippen molar-refractivity contribution in [3.8, 4) is 5.88 Å². The number of methoxy groups -OCH3 is 1. The van der Waals surface area contributed by atoms with E-state index in [-0.39, 0.29) is 0 Å². The number of rotatable bonds is 2. The second-order valence-electron chi connectivity index (χ2n) is 3.55. The molecule has 1 unspecified atom stereocenters. The first-order valence-electron chi connectivity index (χ1n) is 5.24. The van der Waals surface area contributed by atoms with E-state index in [0.717, 1.165) is 11.3 Å². The van der Waals surface area contributed by atoms with Gasteiger partial charge in [0.15, 0.2) is 6.10 Å². The van der Waals surface area contributed by atoms with Crippen molar-refractivity contribution in [2.24, 2.45) is 0 Å². The largest absolute Gasteiger partial charge is 0.481 e. The zero-order valence-corrected chi connectivity index (χ0v) is 9.73. The molecule has 17 heavy (non-hydrogen) atoms. The van der Waals surface area contributed by atoms with Crippen molar-refractivity contribution in [3.63, 3.8) is 0 Å².